The normalized spacial score (nSPS) is 15.1. The lowest BCUT2D eigenvalue weighted by molar-refractivity contribution is 0.382. The van der Waals surface area contributed by atoms with Gasteiger partial charge in [-0.05, 0) is 35.7 Å². The van der Waals surface area contributed by atoms with Crippen LogP contribution >= 0.6 is 22.7 Å². The van der Waals surface area contributed by atoms with Gasteiger partial charge in [-0.25, -0.2) is 0 Å². The monoisotopic (exact) mass is 265 g/mol. The Morgan fingerprint density at radius 1 is 0.941 bits per heavy atom. The summed E-state index contributed by atoms with van der Waals surface area (Å²) in [6.45, 7) is 6.80. The third kappa shape index (κ3) is 3.18. The molecule has 0 aliphatic rings. The van der Waals surface area contributed by atoms with Crippen LogP contribution in [-0.4, -0.2) is 0 Å². The second kappa shape index (κ2) is 5.80. The van der Waals surface area contributed by atoms with Crippen LogP contribution in [0.15, 0.2) is 35.0 Å². The van der Waals surface area contributed by atoms with Crippen molar-refractivity contribution in [1.82, 2.24) is 5.32 Å². The number of nitrogens with one attached hydrogen (secondary N) is 1. The summed E-state index contributed by atoms with van der Waals surface area (Å²) in [6.07, 6.45) is 0. The Morgan fingerprint density at radius 2 is 1.53 bits per heavy atom. The summed E-state index contributed by atoms with van der Waals surface area (Å²) in [6, 6.07) is 9.55. The lowest BCUT2D eigenvalue weighted by Gasteiger charge is -2.25. The lowest BCUT2D eigenvalue weighted by atomic mass is 10.0. The maximum atomic E-state index is 3.74. The average molecular weight is 265 g/mol. The topological polar surface area (TPSA) is 12.0 Å². The van der Waals surface area contributed by atoms with E-state index in [0.717, 1.165) is 0 Å². The number of thiophene rings is 2. The van der Waals surface area contributed by atoms with E-state index in [-0.39, 0.29) is 0 Å². The molecule has 0 saturated carbocycles. The molecule has 3 heteroatoms. The first-order chi connectivity index (χ1) is 8.18. The van der Waals surface area contributed by atoms with Gasteiger partial charge in [0.1, 0.15) is 0 Å². The zero-order chi connectivity index (χ0) is 12.3. The van der Waals surface area contributed by atoms with Gasteiger partial charge >= 0.3 is 0 Å². The molecule has 92 valence electrons. The van der Waals surface area contributed by atoms with Crippen molar-refractivity contribution in [2.24, 2.45) is 5.92 Å². The highest BCUT2D eigenvalue weighted by Gasteiger charge is 2.19. The van der Waals surface area contributed by atoms with Gasteiger partial charge in [-0.1, -0.05) is 26.0 Å². The summed E-state index contributed by atoms with van der Waals surface area (Å²) in [5.74, 6) is 0.607. The molecule has 2 atom stereocenters. The van der Waals surface area contributed by atoms with Crippen LogP contribution in [-0.2, 0) is 0 Å². The molecule has 0 saturated heterocycles. The Morgan fingerprint density at radius 3 is 2.00 bits per heavy atom. The fourth-order valence-corrected chi connectivity index (χ4v) is 3.66. The molecule has 0 aliphatic carbocycles. The number of hydrogen-bond donors (Lipinski definition) is 1. The lowest BCUT2D eigenvalue weighted by Crippen LogP contribution is -2.27. The first-order valence-corrected chi connectivity index (χ1v) is 7.77. The van der Waals surface area contributed by atoms with Gasteiger partial charge in [0.05, 0.1) is 0 Å². The molecule has 17 heavy (non-hydrogen) atoms. The number of hydrogen-bond acceptors (Lipinski definition) is 3. The summed E-state index contributed by atoms with van der Waals surface area (Å²) in [5.41, 5.74) is 0. The highest BCUT2D eigenvalue weighted by atomic mass is 32.1. The predicted molar refractivity (Wildman–Crippen MR) is 77.8 cm³/mol. The molecule has 1 nitrogen and oxygen atoms in total. The van der Waals surface area contributed by atoms with Crippen LogP contribution in [0.2, 0.25) is 0 Å². The minimum atomic E-state index is 0.421. The van der Waals surface area contributed by atoms with E-state index in [4.69, 9.17) is 0 Å². The molecule has 2 unspecified atom stereocenters. The maximum Gasteiger partial charge on any atom is 0.0443 e. The van der Waals surface area contributed by atoms with E-state index < -0.39 is 0 Å². The van der Waals surface area contributed by atoms with Crippen LogP contribution < -0.4 is 5.32 Å². The SMILES string of the molecule is CC(NC(c1cccs1)C(C)C)c1cccs1. The highest BCUT2D eigenvalue weighted by Crippen LogP contribution is 2.29. The van der Waals surface area contributed by atoms with Gasteiger partial charge in [0.15, 0.2) is 0 Å². The summed E-state index contributed by atoms with van der Waals surface area (Å²) >= 11 is 3.66. The summed E-state index contributed by atoms with van der Waals surface area (Å²) in [7, 11) is 0. The van der Waals surface area contributed by atoms with E-state index in [2.05, 4.69) is 61.1 Å². The standard InChI is InChI=1S/C14H19NS2/c1-10(2)14(13-7-5-9-17-13)15-11(3)12-6-4-8-16-12/h4-11,14-15H,1-3H3. The molecular weight excluding hydrogens is 246 g/mol. The van der Waals surface area contributed by atoms with Gasteiger partial charge in [-0.2, -0.15) is 0 Å². The van der Waals surface area contributed by atoms with E-state index in [0.29, 0.717) is 18.0 Å². The first kappa shape index (κ1) is 12.8. The Balaban J connectivity index is 2.09. The second-order valence-electron chi connectivity index (χ2n) is 4.64. The molecule has 2 heterocycles. The van der Waals surface area contributed by atoms with Crippen LogP contribution in [0.25, 0.3) is 0 Å². The Labute approximate surface area is 112 Å². The third-order valence-electron chi connectivity index (χ3n) is 2.92. The highest BCUT2D eigenvalue weighted by molar-refractivity contribution is 7.10. The quantitative estimate of drug-likeness (QED) is 0.814. The van der Waals surface area contributed by atoms with E-state index in [1.54, 1.807) is 0 Å². The van der Waals surface area contributed by atoms with E-state index in [1.807, 2.05) is 22.7 Å². The van der Waals surface area contributed by atoms with Gasteiger partial charge < -0.3 is 5.32 Å². The van der Waals surface area contributed by atoms with Gasteiger partial charge in [0.2, 0.25) is 0 Å². The Hall–Kier alpha value is -0.640. The Bertz CT molecular complexity index is 417. The van der Waals surface area contributed by atoms with Crippen molar-refractivity contribution in [1.29, 1.82) is 0 Å². The first-order valence-electron chi connectivity index (χ1n) is 6.01. The van der Waals surface area contributed by atoms with Crippen molar-refractivity contribution in [3.8, 4) is 0 Å². The van der Waals surface area contributed by atoms with Crippen LogP contribution in [0.3, 0.4) is 0 Å². The summed E-state index contributed by atoms with van der Waals surface area (Å²) in [5, 5.41) is 8.04. The molecule has 2 aromatic rings. The van der Waals surface area contributed by atoms with Gasteiger partial charge in [-0.15, -0.1) is 22.7 Å². The van der Waals surface area contributed by atoms with E-state index in [1.165, 1.54) is 9.75 Å². The van der Waals surface area contributed by atoms with E-state index >= 15 is 0 Å². The van der Waals surface area contributed by atoms with E-state index in [9.17, 15) is 0 Å². The summed E-state index contributed by atoms with van der Waals surface area (Å²) in [4.78, 5) is 2.84. The fraction of sp³-hybridized carbons (Fsp3) is 0.429. The molecular formula is C14H19NS2. The third-order valence-corrected chi connectivity index (χ3v) is 4.93. The maximum absolute atomic E-state index is 3.74. The molecule has 2 rings (SSSR count). The van der Waals surface area contributed by atoms with Crippen molar-refractivity contribution >= 4 is 22.7 Å². The molecule has 0 bridgehead atoms. The van der Waals surface area contributed by atoms with Crippen LogP contribution in [0, 0.1) is 5.92 Å². The van der Waals surface area contributed by atoms with Gasteiger partial charge in [0.25, 0.3) is 0 Å². The second-order valence-corrected chi connectivity index (χ2v) is 6.60. The van der Waals surface area contributed by atoms with Crippen LogP contribution in [0.5, 0.6) is 0 Å². The molecule has 0 radical (unpaired) electrons. The molecule has 1 N–H and O–H groups in total. The number of rotatable bonds is 5. The smallest absolute Gasteiger partial charge is 0.0443 e. The Kier molecular flexibility index (Phi) is 4.37. The largest absolute Gasteiger partial charge is 0.302 e. The zero-order valence-corrected chi connectivity index (χ0v) is 12.1. The van der Waals surface area contributed by atoms with Gasteiger partial charge in [0, 0.05) is 21.8 Å². The minimum absolute atomic E-state index is 0.421. The molecule has 0 aliphatic heterocycles. The molecule has 0 aromatic carbocycles. The average Bonchev–Trinajstić information content (AvgIpc) is 2.97. The van der Waals surface area contributed by atoms with Crippen molar-refractivity contribution in [2.45, 2.75) is 32.9 Å². The van der Waals surface area contributed by atoms with Gasteiger partial charge in [-0.3, -0.25) is 0 Å². The molecule has 0 spiro atoms. The predicted octanol–water partition coefficient (Wildman–Crippen LogP) is 4.86. The molecule has 0 amide bonds. The molecule has 0 fully saturated rings. The van der Waals surface area contributed by atoms with Crippen LogP contribution in [0.1, 0.15) is 42.6 Å². The van der Waals surface area contributed by atoms with Crippen LogP contribution in [0.4, 0.5) is 0 Å². The van der Waals surface area contributed by atoms with Crippen molar-refractivity contribution < 1.29 is 0 Å². The van der Waals surface area contributed by atoms with Crippen molar-refractivity contribution in [3.63, 3.8) is 0 Å². The van der Waals surface area contributed by atoms with Crippen molar-refractivity contribution in [3.05, 3.63) is 44.8 Å². The fourth-order valence-electron chi connectivity index (χ4n) is 1.96. The zero-order valence-electron chi connectivity index (χ0n) is 10.5. The van der Waals surface area contributed by atoms with Crippen molar-refractivity contribution in [2.75, 3.05) is 0 Å². The minimum Gasteiger partial charge on any atom is -0.302 e. The summed E-state index contributed by atoms with van der Waals surface area (Å²) < 4.78 is 0. The molecule has 2 aromatic heterocycles.